The summed E-state index contributed by atoms with van der Waals surface area (Å²) in [6.45, 7) is 3.80. The van der Waals surface area contributed by atoms with Gasteiger partial charge in [-0.1, -0.05) is 47.7 Å². The highest BCUT2D eigenvalue weighted by Gasteiger charge is 2.59. The monoisotopic (exact) mass is 448 g/mol. The lowest BCUT2D eigenvalue weighted by Crippen LogP contribution is -2.32. The molecule has 8 heteroatoms. The van der Waals surface area contributed by atoms with Crippen molar-refractivity contribution in [1.29, 1.82) is 0 Å². The van der Waals surface area contributed by atoms with E-state index in [0.717, 1.165) is 12.0 Å². The van der Waals surface area contributed by atoms with Gasteiger partial charge in [0.1, 0.15) is 5.69 Å². The minimum atomic E-state index is -0.744. The smallest absolute Gasteiger partial charge is 0.311 e. The Hall–Kier alpha value is -3.29. The third kappa shape index (κ3) is 3.57. The summed E-state index contributed by atoms with van der Waals surface area (Å²) in [6.07, 6.45) is 7.31. The zero-order chi connectivity index (χ0) is 23.3. The normalized spacial score (nSPS) is 26.7. The number of allylic oxidation sites excluding steroid dienone is 2. The van der Waals surface area contributed by atoms with Gasteiger partial charge in [0.2, 0.25) is 11.8 Å². The Kier molecular flexibility index (Phi) is 5.18. The van der Waals surface area contributed by atoms with Crippen LogP contribution >= 0.6 is 0 Å². The van der Waals surface area contributed by atoms with Gasteiger partial charge in [0, 0.05) is 0 Å². The number of aromatic nitrogens is 3. The summed E-state index contributed by atoms with van der Waals surface area (Å²) in [5.74, 6) is -0.571. The first-order valence-electron chi connectivity index (χ1n) is 11.4. The molecule has 0 radical (unpaired) electrons. The van der Waals surface area contributed by atoms with E-state index in [9.17, 15) is 14.4 Å². The van der Waals surface area contributed by atoms with Crippen molar-refractivity contribution < 1.29 is 19.1 Å². The van der Waals surface area contributed by atoms with Gasteiger partial charge in [-0.05, 0) is 44.1 Å². The molecule has 0 N–H and O–H groups in total. The quantitative estimate of drug-likeness (QED) is 0.367. The first-order valence-corrected chi connectivity index (χ1v) is 11.4. The maximum absolute atomic E-state index is 13.0. The van der Waals surface area contributed by atoms with Crippen LogP contribution in [0.1, 0.15) is 44.0 Å². The van der Waals surface area contributed by atoms with E-state index in [4.69, 9.17) is 4.74 Å². The van der Waals surface area contributed by atoms with E-state index in [1.807, 2.05) is 44.2 Å². The topological polar surface area (TPSA) is 94.4 Å². The molecule has 3 unspecified atom stereocenters. The van der Waals surface area contributed by atoms with Gasteiger partial charge in [0.15, 0.2) is 0 Å². The van der Waals surface area contributed by atoms with Crippen LogP contribution in [0.25, 0.3) is 0 Å². The minimum absolute atomic E-state index is 0.0946. The third-order valence-corrected chi connectivity index (χ3v) is 7.38. The van der Waals surface area contributed by atoms with E-state index in [1.165, 1.54) is 12.0 Å². The molecule has 8 nitrogen and oxygen atoms in total. The number of carbonyl (C=O) groups excluding carboxylic acids is 3. The van der Waals surface area contributed by atoms with E-state index >= 15 is 0 Å². The van der Waals surface area contributed by atoms with E-state index in [0.29, 0.717) is 12.1 Å². The van der Waals surface area contributed by atoms with Crippen molar-refractivity contribution in [3.8, 4) is 0 Å². The average Bonchev–Trinajstić information content (AvgIpc) is 3.59. The van der Waals surface area contributed by atoms with Gasteiger partial charge in [-0.3, -0.25) is 19.3 Å². The van der Waals surface area contributed by atoms with Crippen molar-refractivity contribution >= 4 is 17.8 Å². The van der Waals surface area contributed by atoms with Gasteiger partial charge in [0.25, 0.3) is 0 Å². The Labute approximate surface area is 192 Å². The van der Waals surface area contributed by atoms with Gasteiger partial charge in [-0.25, -0.2) is 4.68 Å². The standard InChI is InChI=1S/C25H28N4O4/c1-25(2,24(32)33-3)12-19(15-7-5-4-6-8-15)29-14-18(26-27-29)13-28-22(30)20-16-9-10-17(11-16)21(20)23(28)31/h4-10,14,16-17,19-21H,11-13H2,1-3H3/t16-,17+,19?,20?,21?. The molecule has 1 saturated heterocycles. The second-order valence-electron chi connectivity index (χ2n) is 9.96. The van der Waals surface area contributed by atoms with Gasteiger partial charge in [0.05, 0.1) is 43.1 Å². The van der Waals surface area contributed by atoms with Crippen molar-refractivity contribution in [2.75, 3.05) is 7.11 Å². The number of hydrogen-bond acceptors (Lipinski definition) is 6. The number of amides is 2. The van der Waals surface area contributed by atoms with E-state index in [1.54, 1.807) is 10.9 Å². The molecule has 1 aromatic heterocycles. The molecule has 2 aliphatic carbocycles. The van der Waals surface area contributed by atoms with Crippen LogP contribution in [0.3, 0.4) is 0 Å². The van der Waals surface area contributed by atoms with E-state index in [2.05, 4.69) is 22.5 Å². The Morgan fingerprint density at radius 1 is 1.12 bits per heavy atom. The van der Waals surface area contributed by atoms with Crippen molar-refractivity contribution in [1.82, 2.24) is 19.9 Å². The molecular weight excluding hydrogens is 420 g/mol. The number of methoxy groups -OCH3 is 1. The fourth-order valence-electron chi connectivity index (χ4n) is 5.70. The Balaban J connectivity index is 1.38. The molecule has 2 bridgehead atoms. The van der Waals surface area contributed by atoms with Crippen molar-refractivity contribution in [2.45, 2.75) is 39.3 Å². The van der Waals surface area contributed by atoms with Crippen molar-refractivity contribution in [3.63, 3.8) is 0 Å². The van der Waals surface area contributed by atoms with Gasteiger partial charge in [-0.2, -0.15) is 0 Å². The highest BCUT2D eigenvalue weighted by atomic mass is 16.5. The highest BCUT2D eigenvalue weighted by Crippen LogP contribution is 2.52. The molecule has 5 atom stereocenters. The predicted molar refractivity (Wildman–Crippen MR) is 118 cm³/mol. The summed E-state index contributed by atoms with van der Waals surface area (Å²) in [4.78, 5) is 39.7. The summed E-state index contributed by atoms with van der Waals surface area (Å²) >= 11 is 0. The van der Waals surface area contributed by atoms with E-state index < -0.39 is 5.41 Å². The number of ether oxygens (including phenoxy) is 1. The Morgan fingerprint density at radius 2 is 1.76 bits per heavy atom. The number of nitrogens with zero attached hydrogens (tertiary/aromatic N) is 4. The number of likely N-dealkylation sites (tertiary alicyclic amines) is 1. The molecule has 2 amide bonds. The first-order chi connectivity index (χ1) is 15.8. The van der Waals surface area contributed by atoms with Crippen LogP contribution in [-0.2, 0) is 25.7 Å². The number of fused-ring (bicyclic) bond motifs is 5. The molecule has 1 aromatic carbocycles. The van der Waals surface area contributed by atoms with Gasteiger partial charge in [-0.15, -0.1) is 5.10 Å². The summed E-state index contributed by atoms with van der Waals surface area (Å²) in [5.41, 5.74) is 0.789. The highest BCUT2D eigenvalue weighted by molar-refractivity contribution is 6.06. The summed E-state index contributed by atoms with van der Waals surface area (Å²) in [6, 6.07) is 9.52. The summed E-state index contributed by atoms with van der Waals surface area (Å²) < 4.78 is 6.71. The third-order valence-electron chi connectivity index (χ3n) is 7.38. The molecule has 2 fully saturated rings. The average molecular weight is 449 g/mol. The van der Waals surface area contributed by atoms with Crippen LogP contribution in [0.5, 0.6) is 0 Å². The molecule has 5 rings (SSSR count). The lowest BCUT2D eigenvalue weighted by molar-refractivity contribution is -0.151. The Morgan fingerprint density at radius 3 is 2.36 bits per heavy atom. The number of esters is 1. The maximum Gasteiger partial charge on any atom is 0.311 e. The van der Waals surface area contributed by atoms with E-state index in [-0.39, 0.29) is 54.0 Å². The van der Waals surface area contributed by atoms with Gasteiger partial charge >= 0.3 is 5.97 Å². The summed E-state index contributed by atoms with van der Waals surface area (Å²) in [7, 11) is 1.39. The molecule has 3 aliphatic rings. The summed E-state index contributed by atoms with van der Waals surface area (Å²) in [5, 5.41) is 8.59. The molecule has 1 aliphatic heterocycles. The zero-order valence-electron chi connectivity index (χ0n) is 19.0. The lowest BCUT2D eigenvalue weighted by Gasteiger charge is -2.27. The van der Waals surface area contributed by atoms with Crippen LogP contribution in [-0.4, -0.2) is 44.8 Å². The molecule has 172 valence electrons. The molecule has 2 aromatic rings. The lowest BCUT2D eigenvalue weighted by atomic mass is 9.83. The molecular formula is C25H28N4O4. The van der Waals surface area contributed by atoms with Crippen LogP contribution < -0.4 is 0 Å². The van der Waals surface area contributed by atoms with Crippen molar-refractivity contribution in [3.05, 3.63) is 59.9 Å². The second kappa shape index (κ2) is 7.93. The second-order valence-corrected chi connectivity index (χ2v) is 9.96. The predicted octanol–water partition coefficient (Wildman–Crippen LogP) is 2.76. The molecule has 1 saturated carbocycles. The number of rotatable bonds is 7. The number of hydrogen-bond donors (Lipinski definition) is 0. The van der Waals surface area contributed by atoms with Crippen LogP contribution in [0, 0.1) is 29.1 Å². The van der Waals surface area contributed by atoms with Crippen molar-refractivity contribution in [2.24, 2.45) is 29.1 Å². The molecule has 0 spiro atoms. The maximum atomic E-state index is 13.0. The molecule has 2 heterocycles. The zero-order valence-corrected chi connectivity index (χ0v) is 19.0. The fraction of sp³-hybridized carbons (Fsp3) is 0.480. The van der Waals surface area contributed by atoms with Crippen LogP contribution in [0.2, 0.25) is 0 Å². The number of benzene rings is 1. The fourth-order valence-corrected chi connectivity index (χ4v) is 5.70. The van der Waals surface area contributed by atoms with Crippen LogP contribution in [0.4, 0.5) is 0 Å². The largest absolute Gasteiger partial charge is 0.469 e. The number of imide groups is 1. The SMILES string of the molecule is COC(=O)C(C)(C)CC(c1ccccc1)n1cc(CN2C(=O)C3C(C2=O)[C@H]2C=C[C@@H]3C2)nn1. The van der Waals surface area contributed by atoms with Crippen LogP contribution in [0.15, 0.2) is 48.7 Å². The first kappa shape index (κ1) is 21.6. The Bertz CT molecular complexity index is 1090. The number of carbonyl (C=O) groups is 3. The minimum Gasteiger partial charge on any atom is -0.469 e. The van der Waals surface area contributed by atoms with Gasteiger partial charge < -0.3 is 4.74 Å². The molecule has 33 heavy (non-hydrogen) atoms.